The minimum Gasteiger partial charge on any atom is -0.479 e. The van der Waals surface area contributed by atoms with E-state index in [1.54, 1.807) is 24.3 Å². The van der Waals surface area contributed by atoms with Gasteiger partial charge in [-0.1, -0.05) is 18.5 Å². The third-order valence-electron chi connectivity index (χ3n) is 5.43. The molecule has 0 spiro atoms. The average molecular weight is 454 g/mol. The van der Waals surface area contributed by atoms with Gasteiger partial charge in [0.25, 0.3) is 0 Å². The molecule has 0 radical (unpaired) electrons. The van der Waals surface area contributed by atoms with Crippen molar-refractivity contribution in [1.29, 1.82) is 0 Å². The van der Waals surface area contributed by atoms with Gasteiger partial charge in [-0.05, 0) is 63.4 Å². The second-order valence-corrected chi connectivity index (χ2v) is 8.00. The third kappa shape index (κ3) is 7.88. The molecule has 31 heavy (non-hydrogen) atoms. The highest BCUT2D eigenvalue weighted by Gasteiger charge is 2.40. The van der Waals surface area contributed by atoms with Gasteiger partial charge in [-0.15, -0.1) is 0 Å². The normalized spacial score (nSPS) is 23.5. The van der Waals surface area contributed by atoms with Crippen LogP contribution in [-0.4, -0.2) is 64.4 Å². The van der Waals surface area contributed by atoms with Crippen LogP contribution in [0.4, 0.5) is 0 Å². The molecule has 2 unspecified atom stereocenters. The van der Waals surface area contributed by atoms with E-state index < -0.39 is 18.0 Å². The summed E-state index contributed by atoms with van der Waals surface area (Å²) in [7, 11) is 2.18. The Labute approximate surface area is 186 Å². The van der Waals surface area contributed by atoms with E-state index in [0.29, 0.717) is 41.4 Å². The van der Waals surface area contributed by atoms with E-state index in [0.717, 1.165) is 12.8 Å². The van der Waals surface area contributed by atoms with E-state index in [4.69, 9.17) is 31.3 Å². The van der Waals surface area contributed by atoms with E-state index in [1.807, 2.05) is 6.92 Å². The number of ether oxygens (including phenoxy) is 2. The molecule has 0 aromatic heterocycles. The minimum absolute atomic E-state index is 0.0269. The molecule has 170 valence electrons. The van der Waals surface area contributed by atoms with Crippen LogP contribution in [0.15, 0.2) is 36.4 Å². The molecule has 2 aliphatic heterocycles. The van der Waals surface area contributed by atoms with Crippen LogP contribution in [-0.2, 0) is 19.1 Å². The Balaban J connectivity index is 0.000000366. The second-order valence-electron chi connectivity index (χ2n) is 7.56. The number of carbonyl (C=O) groups excluding carboxylic acids is 1. The molecular weight excluding hydrogens is 426 g/mol. The summed E-state index contributed by atoms with van der Waals surface area (Å²) in [5.41, 5.74) is 0. The number of rotatable bonds is 7. The molecule has 2 heterocycles. The van der Waals surface area contributed by atoms with Crippen molar-refractivity contribution in [2.75, 3.05) is 7.05 Å². The molecule has 2 fully saturated rings. The molecule has 9 heteroatoms. The first kappa shape index (κ1) is 24.7. The summed E-state index contributed by atoms with van der Waals surface area (Å²) in [5, 5.41) is 16.3. The summed E-state index contributed by atoms with van der Waals surface area (Å²) in [6, 6.07) is 8.17. The maximum absolute atomic E-state index is 12.4. The Morgan fingerprint density at radius 1 is 1.10 bits per heavy atom. The van der Waals surface area contributed by atoms with E-state index in [2.05, 4.69) is 11.9 Å². The lowest BCUT2D eigenvalue weighted by atomic mass is 10.0. The summed E-state index contributed by atoms with van der Waals surface area (Å²) in [4.78, 5) is 34.0. The van der Waals surface area contributed by atoms with Crippen molar-refractivity contribution in [2.45, 2.75) is 63.3 Å². The maximum Gasteiger partial charge on any atom is 0.347 e. The van der Waals surface area contributed by atoms with Gasteiger partial charge in [0.2, 0.25) is 0 Å². The predicted molar refractivity (Wildman–Crippen MR) is 114 cm³/mol. The van der Waals surface area contributed by atoms with Crippen molar-refractivity contribution < 1.29 is 34.1 Å². The number of carboxylic acids is 2. The zero-order valence-electron chi connectivity index (χ0n) is 17.6. The molecular formula is C22H28ClNO7. The first-order valence-electron chi connectivity index (χ1n) is 10.2. The van der Waals surface area contributed by atoms with Gasteiger partial charge in [-0.25, -0.2) is 14.4 Å². The molecule has 8 nitrogen and oxygen atoms in total. The monoisotopic (exact) mass is 453 g/mol. The zero-order valence-corrected chi connectivity index (χ0v) is 18.3. The molecule has 3 atom stereocenters. The SMILES string of the molecule is CC[C@@H](Oc1ccc(Cl)cc1)C(=O)OC1CC2CCC(C1)N2C.O=C(O)/C=C/C(=O)O. The van der Waals surface area contributed by atoms with Gasteiger partial charge in [0.05, 0.1) is 0 Å². The van der Waals surface area contributed by atoms with Crippen molar-refractivity contribution in [2.24, 2.45) is 0 Å². The fourth-order valence-corrected chi connectivity index (χ4v) is 3.94. The molecule has 3 rings (SSSR count). The highest BCUT2D eigenvalue weighted by Crippen LogP contribution is 2.35. The van der Waals surface area contributed by atoms with Gasteiger partial charge >= 0.3 is 17.9 Å². The number of hydrogen-bond donors (Lipinski definition) is 2. The number of fused-ring (bicyclic) bond motifs is 2. The summed E-state index contributed by atoms with van der Waals surface area (Å²) < 4.78 is 11.5. The molecule has 2 N–H and O–H groups in total. The number of hydrogen-bond acceptors (Lipinski definition) is 6. The van der Waals surface area contributed by atoms with E-state index in [1.165, 1.54) is 12.8 Å². The average Bonchev–Trinajstić information content (AvgIpc) is 2.92. The van der Waals surface area contributed by atoms with E-state index >= 15 is 0 Å². The van der Waals surface area contributed by atoms with Crippen LogP contribution >= 0.6 is 11.6 Å². The van der Waals surface area contributed by atoms with Gasteiger partial charge in [0.1, 0.15) is 11.9 Å². The molecule has 0 aliphatic carbocycles. The van der Waals surface area contributed by atoms with Gasteiger partial charge in [0.15, 0.2) is 6.10 Å². The van der Waals surface area contributed by atoms with Crippen LogP contribution in [0.3, 0.4) is 0 Å². The number of esters is 1. The largest absolute Gasteiger partial charge is 0.479 e. The number of nitrogens with zero attached hydrogens (tertiary/aromatic N) is 1. The molecule has 2 aliphatic rings. The maximum atomic E-state index is 12.4. The molecule has 0 saturated carbocycles. The fourth-order valence-electron chi connectivity index (χ4n) is 3.82. The highest BCUT2D eigenvalue weighted by molar-refractivity contribution is 6.30. The quantitative estimate of drug-likeness (QED) is 0.477. The standard InChI is InChI=1S/C18H24ClNO3.C4H4O4/c1-3-17(22-15-8-4-12(19)5-9-15)18(21)23-16-10-13-6-7-14(11-16)20(13)2;5-3(6)1-2-4(7)8/h4-5,8-9,13-14,16-17H,3,6-7,10-11H2,1-2H3;1-2H,(H,5,6)(H,7,8)/b;2-1+/t13?,14?,16?,17-;/m1./s1. The number of aliphatic carboxylic acids is 2. The second kappa shape index (κ2) is 11.7. The van der Waals surface area contributed by atoms with Crippen LogP contribution in [0.5, 0.6) is 5.75 Å². The van der Waals surface area contributed by atoms with Gasteiger partial charge in [-0.2, -0.15) is 0 Å². The van der Waals surface area contributed by atoms with Gasteiger partial charge in [-0.3, -0.25) is 0 Å². The van der Waals surface area contributed by atoms with Crippen LogP contribution in [0.2, 0.25) is 5.02 Å². The van der Waals surface area contributed by atoms with E-state index in [-0.39, 0.29) is 12.1 Å². The smallest absolute Gasteiger partial charge is 0.347 e. The fraction of sp³-hybridized carbons (Fsp3) is 0.500. The number of carboxylic acid groups (broad SMARTS) is 2. The first-order valence-corrected chi connectivity index (χ1v) is 10.6. The highest BCUT2D eigenvalue weighted by atomic mass is 35.5. The van der Waals surface area contributed by atoms with Crippen molar-refractivity contribution in [3.05, 3.63) is 41.4 Å². The number of halogens is 1. The summed E-state index contributed by atoms with van der Waals surface area (Å²) in [6.07, 6.45) is 5.48. The van der Waals surface area contributed by atoms with Crippen LogP contribution in [0, 0.1) is 0 Å². The molecule has 2 saturated heterocycles. The lowest BCUT2D eigenvalue weighted by Crippen LogP contribution is -2.44. The predicted octanol–water partition coefficient (Wildman–Crippen LogP) is 3.38. The molecule has 2 bridgehead atoms. The van der Waals surface area contributed by atoms with Crippen molar-refractivity contribution in [3.63, 3.8) is 0 Å². The molecule has 1 aromatic rings. The Kier molecular flexibility index (Phi) is 9.33. The van der Waals surface area contributed by atoms with Crippen molar-refractivity contribution in [1.82, 2.24) is 4.90 Å². The minimum atomic E-state index is -1.26. The number of carbonyl (C=O) groups is 3. The first-order chi connectivity index (χ1) is 14.7. The summed E-state index contributed by atoms with van der Waals surface area (Å²) in [5.74, 6) is -2.13. The molecule has 0 amide bonds. The number of piperidine rings is 1. The van der Waals surface area contributed by atoms with Gasteiger partial charge < -0.3 is 24.6 Å². The Hall–Kier alpha value is -2.58. The Morgan fingerprint density at radius 3 is 2.06 bits per heavy atom. The number of benzene rings is 1. The summed E-state index contributed by atoms with van der Waals surface area (Å²) in [6.45, 7) is 1.93. The van der Waals surface area contributed by atoms with Crippen LogP contribution in [0.25, 0.3) is 0 Å². The lowest BCUT2D eigenvalue weighted by Gasteiger charge is -2.36. The summed E-state index contributed by atoms with van der Waals surface area (Å²) >= 11 is 5.87. The van der Waals surface area contributed by atoms with Crippen LogP contribution < -0.4 is 4.74 Å². The van der Waals surface area contributed by atoms with Gasteiger partial charge in [0, 0.05) is 29.3 Å². The zero-order chi connectivity index (χ0) is 23.0. The lowest BCUT2D eigenvalue weighted by molar-refractivity contribution is -0.161. The third-order valence-corrected chi connectivity index (χ3v) is 5.68. The Bertz CT molecular complexity index is 766. The van der Waals surface area contributed by atoms with E-state index in [9.17, 15) is 14.4 Å². The van der Waals surface area contributed by atoms with Crippen molar-refractivity contribution in [3.8, 4) is 5.75 Å². The van der Waals surface area contributed by atoms with Crippen molar-refractivity contribution >= 4 is 29.5 Å². The molecule has 1 aromatic carbocycles. The Morgan fingerprint density at radius 2 is 1.61 bits per heavy atom. The van der Waals surface area contributed by atoms with Crippen LogP contribution in [0.1, 0.15) is 39.0 Å². The topological polar surface area (TPSA) is 113 Å².